The van der Waals surface area contributed by atoms with Crippen molar-refractivity contribution < 1.29 is 28.5 Å². The van der Waals surface area contributed by atoms with Crippen molar-refractivity contribution in [2.24, 2.45) is 0 Å². The summed E-state index contributed by atoms with van der Waals surface area (Å²) in [6, 6.07) is 6.88. The van der Waals surface area contributed by atoms with Gasteiger partial charge in [0.05, 0.1) is 26.9 Å². The van der Waals surface area contributed by atoms with Crippen LogP contribution in [0.2, 0.25) is 0 Å². The fourth-order valence-corrected chi connectivity index (χ4v) is 1.92. The highest BCUT2D eigenvalue weighted by molar-refractivity contribution is 5.85. The zero-order chi connectivity index (χ0) is 18.5. The first-order chi connectivity index (χ1) is 12.1. The van der Waals surface area contributed by atoms with Crippen LogP contribution < -0.4 is 14.8 Å². The molecule has 0 aliphatic rings. The van der Waals surface area contributed by atoms with Gasteiger partial charge in [0.2, 0.25) is 5.91 Å². The van der Waals surface area contributed by atoms with Gasteiger partial charge in [0, 0.05) is 27.3 Å². The van der Waals surface area contributed by atoms with Gasteiger partial charge in [0.25, 0.3) is 5.91 Å². The maximum absolute atomic E-state index is 12.1. The molecule has 0 radical (unpaired) electrons. The number of nitrogens with one attached hydrogen (secondary N) is 1. The molecule has 8 nitrogen and oxygen atoms in total. The van der Waals surface area contributed by atoms with E-state index in [1.165, 1.54) is 0 Å². The van der Waals surface area contributed by atoms with Gasteiger partial charge in [-0.1, -0.05) is 0 Å². The molecule has 0 heterocycles. The van der Waals surface area contributed by atoms with Gasteiger partial charge in [-0.05, 0) is 24.3 Å². The first kappa shape index (κ1) is 20.7. The summed E-state index contributed by atoms with van der Waals surface area (Å²) < 4.78 is 20.4. The summed E-state index contributed by atoms with van der Waals surface area (Å²) in [5.74, 6) is 0.674. The van der Waals surface area contributed by atoms with Crippen molar-refractivity contribution in [2.75, 3.05) is 60.8 Å². The Morgan fingerprint density at radius 1 is 0.960 bits per heavy atom. The zero-order valence-corrected chi connectivity index (χ0v) is 14.9. The van der Waals surface area contributed by atoms with Crippen molar-refractivity contribution in [1.82, 2.24) is 10.2 Å². The fourth-order valence-electron chi connectivity index (χ4n) is 1.92. The normalized spacial score (nSPS) is 10.2. The number of rotatable bonds is 12. The molecule has 0 atom stereocenters. The largest absolute Gasteiger partial charge is 0.497 e. The Morgan fingerprint density at radius 3 is 2.04 bits per heavy atom. The average Bonchev–Trinajstić information content (AvgIpc) is 2.65. The third-order valence-corrected chi connectivity index (χ3v) is 3.35. The first-order valence-corrected chi connectivity index (χ1v) is 7.90. The Labute approximate surface area is 148 Å². The van der Waals surface area contributed by atoms with Gasteiger partial charge in [-0.2, -0.15) is 0 Å². The van der Waals surface area contributed by atoms with Crippen molar-refractivity contribution in [2.45, 2.75) is 0 Å². The first-order valence-electron chi connectivity index (χ1n) is 7.90. The molecule has 0 saturated heterocycles. The number of hydrogen-bond acceptors (Lipinski definition) is 6. The molecule has 8 heteroatoms. The van der Waals surface area contributed by atoms with Crippen LogP contribution in [0.4, 0.5) is 0 Å². The van der Waals surface area contributed by atoms with E-state index in [2.05, 4.69) is 5.32 Å². The Balaban J connectivity index is 2.35. The van der Waals surface area contributed by atoms with Crippen LogP contribution in [-0.4, -0.2) is 77.5 Å². The molecule has 1 aromatic carbocycles. The van der Waals surface area contributed by atoms with Gasteiger partial charge in [0.1, 0.15) is 11.5 Å². The lowest BCUT2D eigenvalue weighted by atomic mass is 10.3. The van der Waals surface area contributed by atoms with Crippen LogP contribution in [0.25, 0.3) is 0 Å². The monoisotopic (exact) mass is 354 g/mol. The lowest BCUT2D eigenvalue weighted by Crippen LogP contribution is -2.44. The summed E-state index contributed by atoms with van der Waals surface area (Å²) in [6.07, 6.45) is 0. The highest BCUT2D eigenvalue weighted by atomic mass is 16.5. The summed E-state index contributed by atoms with van der Waals surface area (Å²) in [6.45, 7) is 1.45. The molecule has 0 unspecified atom stereocenters. The number of benzene rings is 1. The van der Waals surface area contributed by atoms with Gasteiger partial charge in [-0.25, -0.2) is 0 Å². The molecule has 2 amide bonds. The maximum Gasteiger partial charge on any atom is 0.258 e. The molecule has 25 heavy (non-hydrogen) atoms. The number of amides is 2. The lowest BCUT2D eigenvalue weighted by Gasteiger charge is -2.22. The van der Waals surface area contributed by atoms with E-state index in [1.807, 2.05) is 0 Å². The van der Waals surface area contributed by atoms with E-state index < -0.39 is 0 Å². The van der Waals surface area contributed by atoms with E-state index >= 15 is 0 Å². The smallest absolute Gasteiger partial charge is 0.258 e. The van der Waals surface area contributed by atoms with Crippen molar-refractivity contribution in [3.63, 3.8) is 0 Å². The maximum atomic E-state index is 12.1. The molecule has 0 bridgehead atoms. The van der Waals surface area contributed by atoms with Gasteiger partial charge >= 0.3 is 0 Å². The number of ether oxygens (including phenoxy) is 4. The molecule has 1 N–H and O–H groups in total. The van der Waals surface area contributed by atoms with Gasteiger partial charge in [0.15, 0.2) is 6.61 Å². The Kier molecular flexibility index (Phi) is 10.0. The topological polar surface area (TPSA) is 86.3 Å². The quantitative estimate of drug-likeness (QED) is 0.581. The van der Waals surface area contributed by atoms with Gasteiger partial charge in [-0.15, -0.1) is 0 Å². The van der Waals surface area contributed by atoms with Crippen molar-refractivity contribution >= 4 is 11.8 Å². The molecule has 0 aromatic heterocycles. The molecular formula is C17H26N2O6. The predicted molar refractivity (Wildman–Crippen MR) is 91.8 cm³/mol. The van der Waals surface area contributed by atoms with E-state index in [4.69, 9.17) is 18.9 Å². The van der Waals surface area contributed by atoms with Gasteiger partial charge < -0.3 is 29.2 Å². The number of methoxy groups -OCH3 is 3. The summed E-state index contributed by atoms with van der Waals surface area (Å²) in [4.78, 5) is 25.5. The zero-order valence-electron chi connectivity index (χ0n) is 14.9. The van der Waals surface area contributed by atoms with Crippen LogP contribution in [0.3, 0.4) is 0 Å². The second kappa shape index (κ2) is 12.1. The summed E-state index contributed by atoms with van der Waals surface area (Å²) in [5, 5.41) is 2.55. The van der Waals surface area contributed by atoms with Gasteiger partial charge in [-0.3, -0.25) is 9.59 Å². The Bertz CT molecular complexity index is 512. The van der Waals surface area contributed by atoms with E-state index in [0.29, 0.717) is 37.8 Å². The SMILES string of the molecule is COCCN(CCOC)C(=O)CNC(=O)COc1ccc(OC)cc1. The second-order valence-corrected chi connectivity index (χ2v) is 5.11. The van der Waals surface area contributed by atoms with Crippen LogP contribution in [0.5, 0.6) is 11.5 Å². The highest BCUT2D eigenvalue weighted by Gasteiger charge is 2.14. The van der Waals surface area contributed by atoms with Crippen LogP contribution in [0, 0.1) is 0 Å². The summed E-state index contributed by atoms with van der Waals surface area (Å²) in [5.41, 5.74) is 0. The molecule has 1 rings (SSSR count). The average molecular weight is 354 g/mol. The summed E-state index contributed by atoms with van der Waals surface area (Å²) in [7, 11) is 4.71. The number of carbonyl (C=O) groups excluding carboxylic acids is 2. The molecule has 0 fully saturated rings. The predicted octanol–water partition coefficient (Wildman–Crippen LogP) is 0.312. The van der Waals surface area contributed by atoms with Crippen LogP contribution in [0.15, 0.2) is 24.3 Å². The molecule has 0 aliphatic carbocycles. The lowest BCUT2D eigenvalue weighted by molar-refractivity contribution is -0.134. The van der Waals surface area contributed by atoms with E-state index in [9.17, 15) is 9.59 Å². The molecule has 0 aliphatic heterocycles. The van der Waals surface area contributed by atoms with E-state index in [1.54, 1.807) is 50.5 Å². The molecule has 1 aromatic rings. The number of hydrogen-bond donors (Lipinski definition) is 1. The van der Waals surface area contributed by atoms with Crippen molar-refractivity contribution in [3.8, 4) is 11.5 Å². The Hall–Kier alpha value is -2.32. The fraction of sp³-hybridized carbons (Fsp3) is 0.529. The third-order valence-electron chi connectivity index (χ3n) is 3.35. The van der Waals surface area contributed by atoms with E-state index in [-0.39, 0.29) is 25.0 Å². The van der Waals surface area contributed by atoms with E-state index in [0.717, 1.165) is 0 Å². The van der Waals surface area contributed by atoms with Crippen LogP contribution >= 0.6 is 0 Å². The third kappa shape index (κ3) is 8.37. The second-order valence-electron chi connectivity index (χ2n) is 5.11. The summed E-state index contributed by atoms with van der Waals surface area (Å²) >= 11 is 0. The molecule has 0 saturated carbocycles. The Morgan fingerprint density at radius 2 is 1.52 bits per heavy atom. The minimum atomic E-state index is -0.373. The van der Waals surface area contributed by atoms with Crippen molar-refractivity contribution in [3.05, 3.63) is 24.3 Å². The minimum Gasteiger partial charge on any atom is -0.497 e. The minimum absolute atomic E-state index is 0.0990. The highest BCUT2D eigenvalue weighted by Crippen LogP contribution is 2.16. The molecule has 140 valence electrons. The van der Waals surface area contributed by atoms with Crippen LogP contribution in [0.1, 0.15) is 0 Å². The number of carbonyl (C=O) groups is 2. The molecular weight excluding hydrogens is 328 g/mol. The standard InChI is InChI=1S/C17H26N2O6/c1-22-10-8-19(9-11-23-2)17(21)12-18-16(20)13-25-15-6-4-14(24-3)5-7-15/h4-7H,8-13H2,1-3H3,(H,18,20). The van der Waals surface area contributed by atoms with Crippen LogP contribution in [-0.2, 0) is 19.1 Å². The number of nitrogens with zero attached hydrogens (tertiary/aromatic N) is 1. The molecule has 0 spiro atoms. The van der Waals surface area contributed by atoms with Crippen molar-refractivity contribution in [1.29, 1.82) is 0 Å².